The van der Waals surface area contributed by atoms with Crippen molar-refractivity contribution in [3.8, 4) is 11.5 Å². The van der Waals surface area contributed by atoms with Crippen LogP contribution in [0.5, 0.6) is 11.5 Å². The summed E-state index contributed by atoms with van der Waals surface area (Å²) in [7, 11) is 3.18. The van der Waals surface area contributed by atoms with E-state index in [-0.39, 0.29) is 18.1 Å². The zero-order valence-corrected chi connectivity index (χ0v) is 20.4. The number of carbonyl (C=O) groups excluding carboxylic acids is 2. The number of hydrogen-bond acceptors (Lipinski definition) is 6. The van der Waals surface area contributed by atoms with Gasteiger partial charge in [-0.25, -0.2) is 0 Å². The molecule has 1 saturated heterocycles. The third-order valence-electron chi connectivity index (χ3n) is 6.60. The molecule has 0 radical (unpaired) electrons. The van der Waals surface area contributed by atoms with Gasteiger partial charge in [-0.2, -0.15) is 0 Å². The molecule has 2 amide bonds. The summed E-state index contributed by atoms with van der Waals surface area (Å²) in [4.78, 5) is 26.1. The smallest absolute Gasteiger partial charge is 0.246 e. The number of nitrogens with one attached hydrogen (secondary N) is 2. The summed E-state index contributed by atoms with van der Waals surface area (Å²) in [5, 5.41) is 5.65. The van der Waals surface area contributed by atoms with E-state index in [0.717, 1.165) is 43.4 Å². The Bertz CT molecular complexity index is 999. The molecule has 2 aromatic rings. The molecular formula is C27H34N2O6. The third-order valence-corrected chi connectivity index (χ3v) is 6.60. The first-order valence-corrected chi connectivity index (χ1v) is 12.2. The number of methoxy groups -OCH3 is 1. The monoisotopic (exact) mass is 482 g/mol. The Labute approximate surface area is 206 Å². The molecule has 8 nitrogen and oxygen atoms in total. The molecule has 1 aliphatic carbocycles. The van der Waals surface area contributed by atoms with Crippen molar-refractivity contribution in [2.24, 2.45) is 0 Å². The lowest BCUT2D eigenvalue weighted by molar-refractivity contribution is -0.130. The van der Waals surface area contributed by atoms with E-state index in [2.05, 4.69) is 10.6 Å². The number of likely N-dealkylation sites (N-methyl/N-ethyl adjacent to an activating group) is 1. The van der Waals surface area contributed by atoms with Crippen molar-refractivity contribution in [2.45, 2.75) is 49.9 Å². The highest BCUT2D eigenvalue weighted by Crippen LogP contribution is 2.49. The van der Waals surface area contributed by atoms with Gasteiger partial charge >= 0.3 is 0 Å². The van der Waals surface area contributed by atoms with Gasteiger partial charge in [0.05, 0.1) is 32.3 Å². The van der Waals surface area contributed by atoms with Gasteiger partial charge in [-0.1, -0.05) is 24.3 Å². The summed E-state index contributed by atoms with van der Waals surface area (Å²) in [6.45, 7) is 1.88. The molecule has 1 aliphatic heterocycles. The van der Waals surface area contributed by atoms with Gasteiger partial charge in [0.2, 0.25) is 11.8 Å². The van der Waals surface area contributed by atoms with E-state index in [1.165, 1.54) is 0 Å². The van der Waals surface area contributed by atoms with Crippen LogP contribution in [0.1, 0.15) is 49.3 Å². The van der Waals surface area contributed by atoms with Crippen molar-refractivity contribution in [1.82, 2.24) is 10.6 Å². The minimum absolute atomic E-state index is 0.0945. The molecule has 8 heteroatoms. The number of rotatable bonds is 12. The Kier molecular flexibility index (Phi) is 8.25. The van der Waals surface area contributed by atoms with Crippen molar-refractivity contribution in [3.05, 3.63) is 59.7 Å². The van der Waals surface area contributed by atoms with E-state index >= 15 is 0 Å². The maximum Gasteiger partial charge on any atom is 0.246 e. The van der Waals surface area contributed by atoms with Crippen LogP contribution in [0, 0.1) is 0 Å². The molecule has 0 bridgehead atoms. The number of hydrogen-bond donors (Lipinski definition) is 2. The molecule has 2 aromatic carbocycles. The van der Waals surface area contributed by atoms with Crippen molar-refractivity contribution in [2.75, 3.05) is 34.0 Å². The van der Waals surface area contributed by atoms with Crippen molar-refractivity contribution in [3.63, 3.8) is 0 Å². The van der Waals surface area contributed by atoms with Gasteiger partial charge in [0, 0.05) is 7.05 Å². The highest BCUT2D eigenvalue weighted by atomic mass is 16.7. The summed E-state index contributed by atoms with van der Waals surface area (Å²) in [6, 6.07) is 14.1. The lowest BCUT2D eigenvalue weighted by atomic mass is 9.94. The second kappa shape index (κ2) is 11.6. The Morgan fingerprint density at radius 1 is 1.06 bits per heavy atom. The van der Waals surface area contributed by atoms with Crippen LogP contribution in [-0.2, 0) is 24.5 Å². The fourth-order valence-electron chi connectivity index (χ4n) is 4.36. The molecular weight excluding hydrogens is 448 g/mol. The van der Waals surface area contributed by atoms with Gasteiger partial charge in [0.25, 0.3) is 0 Å². The third kappa shape index (κ3) is 6.13. The van der Waals surface area contributed by atoms with Crippen LogP contribution in [0.4, 0.5) is 0 Å². The normalized spacial score (nSPS) is 17.4. The second-order valence-electron chi connectivity index (χ2n) is 8.92. The summed E-state index contributed by atoms with van der Waals surface area (Å²) in [6.07, 6.45) is 4.05. The topological polar surface area (TPSA) is 95.1 Å². The lowest BCUT2D eigenvalue weighted by Gasteiger charge is -2.23. The molecule has 1 atom stereocenters. The molecule has 0 unspecified atom stereocenters. The van der Waals surface area contributed by atoms with Gasteiger partial charge in [0.15, 0.2) is 6.29 Å². The van der Waals surface area contributed by atoms with Crippen LogP contribution >= 0.6 is 0 Å². The molecule has 2 fully saturated rings. The molecule has 2 aliphatic rings. The van der Waals surface area contributed by atoms with E-state index in [9.17, 15) is 9.59 Å². The number of ether oxygens (including phenoxy) is 4. The first kappa shape index (κ1) is 25.0. The predicted molar refractivity (Wildman–Crippen MR) is 130 cm³/mol. The quantitative estimate of drug-likeness (QED) is 0.451. The zero-order chi connectivity index (χ0) is 24.7. The first-order valence-electron chi connectivity index (χ1n) is 12.2. The minimum atomic E-state index is -0.816. The Morgan fingerprint density at radius 2 is 1.80 bits per heavy atom. The van der Waals surface area contributed by atoms with E-state index in [1.54, 1.807) is 14.2 Å². The van der Waals surface area contributed by atoms with E-state index in [4.69, 9.17) is 18.9 Å². The van der Waals surface area contributed by atoms with E-state index in [0.29, 0.717) is 31.1 Å². The van der Waals surface area contributed by atoms with Crippen LogP contribution in [0.2, 0.25) is 0 Å². The van der Waals surface area contributed by atoms with Gasteiger partial charge in [-0.15, -0.1) is 0 Å². The van der Waals surface area contributed by atoms with Crippen LogP contribution < -0.4 is 20.1 Å². The number of unbranched alkanes of at least 4 members (excludes halogenated alkanes) is 1. The zero-order valence-electron chi connectivity index (χ0n) is 20.4. The Morgan fingerprint density at radius 3 is 2.46 bits per heavy atom. The second-order valence-corrected chi connectivity index (χ2v) is 8.92. The summed E-state index contributed by atoms with van der Waals surface area (Å²) >= 11 is 0. The van der Waals surface area contributed by atoms with Crippen molar-refractivity contribution < 1.29 is 28.5 Å². The number of benzene rings is 2. The first-order chi connectivity index (χ1) is 17.1. The fourth-order valence-corrected chi connectivity index (χ4v) is 4.36. The fraction of sp³-hybridized carbons (Fsp3) is 0.481. The molecule has 0 spiro atoms. The maximum absolute atomic E-state index is 13.4. The minimum Gasteiger partial charge on any atom is -0.497 e. The average Bonchev–Trinajstić information content (AvgIpc) is 3.55. The van der Waals surface area contributed by atoms with Crippen LogP contribution in [0.15, 0.2) is 48.5 Å². The Hall–Kier alpha value is -3.10. The molecule has 1 heterocycles. The lowest BCUT2D eigenvalue weighted by Crippen LogP contribution is -2.43. The van der Waals surface area contributed by atoms with Gasteiger partial charge < -0.3 is 29.6 Å². The molecule has 4 rings (SSSR count). The molecule has 188 valence electrons. The summed E-state index contributed by atoms with van der Waals surface area (Å²) < 4.78 is 22.0. The van der Waals surface area contributed by atoms with Gasteiger partial charge in [0.1, 0.15) is 17.5 Å². The summed E-state index contributed by atoms with van der Waals surface area (Å²) in [5.74, 6) is 0.969. The standard InChI is InChI=1S/C27H34N2O6/c1-28-25(30)24(29-26(31)27(13-14-27)20-9-11-21(32-2)12-10-20)19-6-5-7-22(18-19)33-15-4-3-8-23-34-16-17-35-23/h5-7,9-12,18,23-24H,3-4,8,13-17H2,1-2H3,(H,28,30)(H,29,31)/t24-/m0/s1. The average molecular weight is 483 g/mol. The van der Waals surface area contributed by atoms with Crippen LogP contribution in [0.25, 0.3) is 0 Å². The largest absolute Gasteiger partial charge is 0.497 e. The molecule has 2 N–H and O–H groups in total. The van der Waals surface area contributed by atoms with Crippen LogP contribution in [0.3, 0.4) is 0 Å². The van der Waals surface area contributed by atoms with E-state index in [1.807, 2.05) is 48.5 Å². The molecule has 1 saturated carbocycles. The van der Waals surface area contributed by atoms with E-state index < -0.39 is 11.5 Å². The summed E-state index contributed by atoms with van der Waals surface area (Å²) in [5.41, 5.74) is 0.991. The highest BCUT2D eigenvalue weighted by molar-refractivity contribution is 5.95. The number of carbonyl (C=O) groups is 2. The van der Waals surface area contributed by atoms with Crippen molar-refractivity contribution in [1.29, 1.82) is 0 Å². The molecule has 0 aromatic heterocycles. The Balaban J connectivity index is 1.38. The van der Waals surface area contributed by atoms with Crippen LogP contribution in [-0.4, -0.2) is 52.1 Å². The van der Waals surface area contributed by atoms with Gasteiger partial charge in [-0.3, -0.25) is 9.59 Å². The molecule has 35 heavy (non-hydrogen) atoms. The number of amides is 2. The maximum atomic E-state index is 13.4. The highest BCUT2D eigenvalue weighted by Gasteiger charge is 2.52. The SMILES string of the molecule is CNC(=O)[C@@H](NC(=O)C1(c2ccc(OC)cc2)CC1)c1cccc(OCCCCC2OCCO2)c1. The predicted octanol–water partition coefficient (Wildman–Crippen LogP) is 3.25. The van der Waals surface area contributed by atoms with Crippen molar-refractivity contribution >= 4 is 11.8 Å². The van der Waals surface area contributed by atoms with Gasteiger partial charge in [-0.05, 0) is 67.5 Å².